The molecule has 29 heavy (non-hydrogen) atoms. The molecule has 5 heteroatoms. The van der Waals surface area contributed by atoms with Gasteiger partial charge in [0.25, 0.3) is 0 Å². The lowest BCUT2D eigenvalue weighted by Crippen LogP contribution is -2.50. The molecule has 0 aliphatic carbocycles. The number of nitrogens with zero attached hydrogens (tertiary/aromatic N) is 3. The van der Waals surface area contributed by atoms with Crippen molar-refractivity contribution < 1.29 is 4.79 Å². The van der Waals surface area contributed by atoms with E-state index in [-0.39, 0.29) is 11.9 Å². The van der Waals surface area contributed by atoms with Crippen LogP contribution in [-0.2, 0) is 4.79 Å². The smallest absolute Gasteiger partial charge is 0.244 e. The number of amides is 1. The van der Waals surface area contributed by atoms with E-state index < -0.39 is 0 Å². The van der Waals surface area contributed by atoms with E-state index in [4.69, 9.17) is 5.73 Å². The van der Waals surface area contributed by atoms with E-state index >= 15 is 0 Å². The van der Waals surface area contributed by atoms with E-state index in [1.54, 1.807) is 0 Å². The van der Waals surface area contributed by atoms with Gasteiger partial charge in [-0.3, -0.25) is 9.69 Å². The Bertz CT molecular complexity index is 789. The van der Waals surface area contributed by atoms with Crippen LogP contribution in [0.2, 0.25) is 0 Å². The Hall–Kier alpha value is -2.21. The zero-order valence-electron chi connectivity index (χ0n) is 17.3. The zero-order chi connectivity index (χ0) is 20.2. The van der Waals surface area contributed by atoms with Crippen LogP contribution < -0.4 is 5.73 Å². The average molecular weight is 393 g/mol. The van der Waals surface area contributed by atoms with Gasteiger partial charge in [0, 0.05) is 45.2 Å². The van der Waals surface area contributed by atoms with E-state index in [1.807, 2.05) is 24.3 Å². The summed E-state index contributed by atoms with van der Waals surface area (Å²) in [5.74, 6) is 0.844. The molecular weight excluding hydrogens is 360 g/mol. The largest absolute Gasteiger partial charge is 0.340 e. The summed E-state index contributed by atoms with van der Waals surface area (Å²) in [5.41, 5.74) is 8.49. The fraction of sp³-hybridized carbons (Fsp3) is 0.458. The average Bonchev–Trinajstić information content (AvgIpc) is 3.21. The highest BCUT2D eigenvalue weighted by molar-refractivity contribution is 5.83. The van der Waals surface area contributed by atoms with Crippen LogP contribution in [0.4, 0.5) is 0 Å². The van der Waals surface area contributed by atoms with Crippen LogP contribution in [0.3, 0.4) is 0 Å². The molecule has 5 nitrogen and oxygen atoms in total. The first-order valence-corrected chi connectivity index (χ1v) is 10.7. The highest BCUT2D eigenvalue weighted by Crippen LogP contribution is 2.35. The number of carbonyl (C=O) groups is 1. The lowest BCUT2D eigenvalue weighted by Gasteiger charge is -2.38. The lowest BCUT2D eigenvalue weighted by molar-refractivity contribution is -0.137. The summed E-state index contributed by atoms with van der Waals surface area (Å²) in [6, 6.07) is 20.6. The quantitative estimate of drug-likeness (QED) is 0.847. The molecule has 2 heterocycles. The van der Waals surface area contributed by atoms with Crippen LogP contribution >= 0.6 is 0 Å². The van der Waals surface area contributed by atoms with Gasteiger partial charge >= 0.3 is 0 Å². The zero-order valence-corrected chi connectivity index (χ0v) is 17.3. The minimum atomic E-state index is -0.210. The lowest BCUT2D eigenvalue weighted by atomic mass is 9.89. The predicted octanol–water partition coefficient (Wildman–Crippen LogP) is 2.18. The molecule has 3 atom stereocenters. The fourth-order valence-corrected chi connectivity index (χ4v) is 4.77. The maximum atomic E-state index is 13.8. The number of likely N-dealkylation sites (tertiary alicyclic amines) is 1. The first-order chi connectivity index (χ1) is 14.2. The van der Waals surface area contributed by atoms with Crippen molar-refractivity contribution >= 4 is 5.91 Å². The standard InChI is InChI=1S/C24H32N4O/c1-26-12-14-27(15-13-26)23(20-10-6-3-7-11-20)24(29)28-17-21(16-25)22(18-28)19-8-4-2-5-9-19/h2-11,21-23H,12-18,25H2,1H3/t21-,22+,23?/m1/s1. The summed E-state index contributed by atoms with van der Waals surface area (Å²) >= 11 is 0. The number of carbonyl (C=O) groups excluding carboxylic acids is 1. The molecule has 2 N–H and O–H groups in total. The van der Waals surface area contributed by atoms with Crippen molar-refractivity contribution in [1.82, 2.24) is 14.7 Å². The Morgan fingerprint density at radius 2 is 1.59 bits per heavy atom. The van der Waals surface area contributed by atoms with Gasteiger partial charge in [-0.05, 0) is 30.6 Å². The summed E-state index contributed by atoms with van der Waals surface area (Å²) in [5, 5.41) is 0. The van der Waals surface area contributed by atoms with Crippen LogP contribution in [0.1, 0.15) is 23.1 Å². The van der Waals surface area contributed by atoms with Crippen LogP contribution in [0, 0.1) is 5.92 Å². The van der Waals surface area contributed by atoms with Crippen molar-refractivity contribution in [2.45, 2.75) is 12.0 Å². The number of benzene rings is 2. The Balaban J connectivity index is 1.57. The van der Waals surface area contributed by atoms with E-state index in [2.05, 4.69) is 58.1 Å². The number of likely N-dealkylation sites (N-methyl/N-ethyl adjacent to an activating group) is 1. The van der Waals surface area contributed by atoms with Crippen LogP contribution in [-0.4, -0.2) is 73.5 Å². The summed E-state index contributed by atoms with van der Waals surface area (Å²) in [4.78, 5) is 20.5. The molecular formula is C24H32N4O. The third-order valence-corrected chi connectivity index (χ3v) is 6.54. The molecule has 2 aromatic carbocycles. The van der Waals surface area contributed by atoms with Gasteiger partial charge in [0.05, 0.1) is 0 Å². The molecule has 2 fully saturated rings. The summed E-state index contributed by atoms with van der Waals surface area (Å²) in [6.45, 7) is 5.92. The number of hydrogen-bond donors (Lipinski definition) is 1. The Labute approximate surface area is 174 Å². The Morgan fingerprint density at radius 1 is 0.966 bits per heavy atom. The molecule has 1 unspecified atom stereocenters. The normalized spacial score (nSPS) is 24.6. The summed E-state index contributed by atoms with van der Waals surface area (Å²) < 4.78 is 0. The molecule has 0 bridgehead atoms. The SMILES string of the molecule is CN1CCN(C(C(=O)N2C[C@@H](CN)[C@H](c3ccccc3)C2)c2ccccc2)CC1. The Morgan fingerprint density at radius 3 is 2.21 bits per heavy atom. The molecule has 2 aliphatic heterocycles. The second-order valence-electron chi connectivity index (χ2n) is 8.41. The van der Waals surface area contributed by atoms with Crippen molar-refractivity contribution in [3.63, 3.8) is 0 Å². The van der Waals surface area contributed by atoms with Gasteiger partial charge < -0.3 is 15.5 Å². The first kappa shape index (κ1) is 20.1. The molecule has 2 aromatic rings. The van der Waals surface area contributed by atoms with Gasteiger partial charge in [0.1, 0.15) is 6.04 Å². The predicted molar refractivity (Wildman–Crippen MR) is 117 cm³/mol. The minimum Gasteiger partial charge on any atom is -0.340 e. The molecule has 0 saturated carbocycles. The minimum absolute atomic E-state index is 0.210. The number of nitrogens with two attached hydrogens (primary N) is 1. The van der Waals surface area contributed by atoms with Crippen molar-refractivity contribution in [2.75, 3.05) is 52.9 Å². The first-order valence-electron chi connectivity index (χ1n) is 10.7. The fourth-order valence-electron chi connectivity index (χ4n) is 4.77. The van der Waals surface area contributed by atoms with Gasteiger partial charge in [-0.15, -0.1) is 0 Å². The molecule has 0 spiro atoms. The second-order valence-corrected chi connectivity index (χ2v) is 8.41. The maximum Gasteiger partial charge on any atom is 0.244 e. The van der Waals surface area contributed by atoms with E-state index in [0.29, 0.717) is 18.4 Å². The topological polar surface area (TPSA) is 52.8 Å². The molecule has 0 radical (unpaired) electrons. The van der Waals surface area contributed by atoms with Gasteiger partial charge in [-0.1, -0.05) is 60.7 Å². The van der Waals surface area contributed by atoms with Crippen molar-refractivity contribution in [1.29, 1.82) is 0 Å². The van der Waals surface area contributed by atoms with Gasteiger partial charge in [0.2, 0.25) is 5.91 Å². The van der Waals surface area contributed by atoms with E-state index in [1.165, 1.54) is 5.56 Å². The van der Waals surface area contributed by atoms with Gasteiger partial charge in [-0.25, -0.2) is 0 Å². The van der Waals surface area contributed by atoms with Crippen molar-refractivity contribution in [3.05, 3.63) is 71.8 Å². The van der Waals surface area contributed by atoms with Crippen LogP contribution in [0.5, 0.6) is 0 Å². The van der Waals surface area contributed by atoms with Gasteiger partial charge in [0.15, 0.2) is 0 Å². The highest BCUT2D eigenvalue weighted by Gasteiger charge is 2.40. The Kier molecular flexibility index (Phi) is 6.28. The summed E-state index contributed by atoms with van der Waals surface area (Å²) in [6.07, 6.45) is 0. The molecule has 4 rings (SSSR count). The van der Waals surface area contributed by atoms with Crippen LogP contribution in [0.25, 0.3) is 0 Å². The van der Waals surface area contributed by atoms with Crippen molar-refractivity contribution in [2.24, 2.45) is 11.7 Å². The van der Waals surface area contributed by atoms with Crippen LogP contribution in [0.15, 0.2) is 60.7 Å². The maximum absolute atomic E-state index is 13.8. The summed E-state index contributed by atoms with van der Waals surface area (Å²) in [7, 11) is 2.15. The monoisotopic (exact) mass is 392 g/mol. The molecule has 2 aliphatic rings. The van der Waals surface area contributed by atoms with Gasteiger partial charge in [-0.2, -0.15) is 0 Å². The van der Waals surface area contributed by atoms with E-state index in [0.717, 1.165) is 44.8 Å². The van der Waals surface area contributed by atoms with E-state index in [9.17, 15) is 4.79 Å². The number of rotatable bonds is 5. The molecule has 2 saturated heterocycles. The van der Waals surface area contributed by atoms with Crippen molar-refractivity contribution in [3.8, 4) is 0 Å². The molecule has 0 aromatic heterocycles. The highest BCUT2D eigenvalue weighted by atomic mass is 16.2. The number of hydrogen-bond acceptors (Lipinski definition) is 4. The second kappa shape index (κ2) is 9.08. The number of piperazine rings is 1. The molecule has 154 valence electrons. The third-order valence-electron chi connectivity index (χ3n) is 6.54. The third kappa shape index (κ3) is 4.37. The molecule has 1 amide bonds.